The maximum absolute atomic E-state index is 12.3. The van der Waals surface area contributed by atoms with Crippen molar-refractivity contribution < 1.29 is 23.2 Å². The number of rotatable bonds is 6. The first-order valence-corrected chi connectivity index (χ1v) is 7.01. The second-order valence-electron chi connectivity index (χ2n) is 3.99. The van der Waals surface area contributed by atoms with Gasteiger partial charge < -0.3 is 5.11 Å². The summed E-state index contributed by atoms with van der Waals surface area (Å²) in [6, 6.07) is 4.75. The first kappa shape index (κ1) is 16.5. The van der Waals surface area contributed by atoms with E-state index in [-0.39, 0.29) is 6.54 Å². The molecule has 0 amide bonds. The minimum absolute atomic E-state index is 0.314. The van der Waals surface area contributed by atoms with Gasteiger partial charge in [0.15, 0.2) is 0 Å². The maximum atomic E-state index is 12.3. The number of aliphatic carboxylic acids is 1. The van der Waals surface area contributed by atoms with E-state index in [1.165, 1.54) is 6.07 Å². The summed E-state index contributed by atoms with van der Waals surface area (Å²) >= 11 is 0. The Hall–Kier alpha value is -2.51. The Balaban J connectivity index is 3.33. The van der Waals surface area contributed by atoms with Crippen LogP contribution in [0, 0.1) is 21.4 Å². The van der Waals surface area contributed by atoms with E-state index in [1.807, 2.05) is 0 Å². The Morgan fingerprint density at radius 1 is 1.52 bits per heavy atom. The molecular formula is C11H11N3O6S. The molecule has 0 spiro atoms. The average Bonchev–Trinajstić information content (AvgIpc) is 2.43. The number of carbonyl (C=O) groups is 1. The molecule has 0 saturated heterocycles. The van der Waals surface area contributed by atoms with Crippen LogP contribution in [0.3, 0.4) is 0 Å². The van der Waals surface area contributed by atoms with E-state index >= 15 is 0 Å². The fourth-order valence-electron chi connectivity index (χ4n) is 1.54. The van der Waals surface area contributed by atoms with E-state index in [4.69, 9.17) is 10.4 Å². The van der Waals surface area contributed by atoms with Crippen LogP contribution >= 0.6 is 0 Å². The van der Waals surface area contributed by atoms with Crippen molar-refractivity contribution in [2.24, 2.45) is 0 Å². The molecule has 0 aliphatic heterocycles. The smallest absolute Gasteiger partial charge is 0.304 e. The fourth-order valence-corrected chi connectivity index (χ4v) is 2.87. The van der Waals surface area contributed by atoms with E-state index in [2.05, 4.69) is 0 Å². The topological polar surface area (TPSA) is 142 Å². The Morgan fingerprint density at radius 3 is 2.62 bits per heavy atom. The number of carboxylic acids is 1. The molecule has 1 rings (SSSR count). The predicted octanol–water partition coefficient (Wildman–Crippen LogP) is 0.562. The number of nitro groups is 1. The van der Waals surface area contributed by atoms with Crippen LogP contribution in [0.2, 0.25) is 0 Å². The van der Waals surface area contributed by atoms with Crippen molar-refractivity contribution in [3.8, 4) is 6.07 Å². The van der Waals surface area contributed by atoms with Crippen molar-refractivity contribution in [2.75, 3.05) is 13.6 Å². The van der Waals surface area contributed by atoms with Gasteiger partial charge in [-0.2, -0.15) is 5.26 Å². The van der Waals surface area contributed by atoms with Crippen LogP contribution in [-0.4, -0.2) is 42.3 Å². The summed E-state index contributed by atoms with van der Waals surface area (Å²) in [5.74, 6) is -1.18. The largest absolute Gasteiger partial charge is 0.481 e. The molecule has 112 valence electrons. The van der Waals surface area contributed by atoms with Gasteiger partial charge >= 0.3 is 5.97 Å². The number of sulfonamides is 1. The lowest BCUT2D eigenvalue weighted by atomic mass is 10.2. The van der Waals surface area contributed by atoms with E-state index in [1.54, 1.807) is 0 Å². The van der Waals surface area contributed by atoms with E-state index in [0.29, 0.717) is 0 Å². The lowest BCUT2D eigenvalue weighted by Gasteiger charge is -2.16. The van der Waals surface area contributed by atoms with Gasteiger partial charge in [-0.05, 0) is 6.07 Å². The first-order chi connectivity index (χ1) is 9.71. The van der Waals surface area contributed by atoms with Gasteiger partial charge in [-0.25, -0.2) is 12.7 Å². The van der Waals surface area contributed by atoms with Crippen molar-refractivity contribution in [3.63, 3.8) is 0 Å². The Bertz CT molecular complexity index is 722. The maximum Gasteiger partial charge on any atom is 0.304 e. The van der Waals surface area contributed by atoms with E-state index in [9.17, 15) is 23.3 Å². The summed E-state index contributed by atoms with van der Waals surface area (Å²) in [7, 11) is -3.05. The highest BCUT2D eigenvalue weighted by Gasteiger charge is 2.29. The molecule has 0 fully saturated rings. The van der Waals surface area contributed by atoms with Gasteiger partial charge in [-0.3, -0.25) is 14.9 Å². The normalized spacial score (nSPS) is 11.1. The summed E-state index contributed by atoms with van der Waals surface area (Å²) in [5.41, 5.74) is -1.20. The van der Waals surface area contributed by atoms with Gasteiger partial charge in [0.2, 0.25) is 10.0 Å². The minimum Gasteiger partial charge on any atom is -0.481 e. The Morgan fingerprint density at radius 2 is 2.14 bits per heavy atom. The fraction of sp³-hybridized carbons (Fsp3) is 0.273. The minimum atomic E-state index is -4.19. The van der Waals surface area contributed by atoms with Crippen LogP contribution in [0.15, 0.2) is 23.1 Å². The summed E-state index contributed by atoms with van der Waals surface area (Å²) in [6.07, 6.45) is -0.424. The molecule has 1 N–H and O–H groups in total. The van der Waals surface area contributed by atoms with Gasteiger partial charge in [0.25, 0.3) is 5.69 Å². The van der Waals surface area contributed by atoms with Gasteiger partial charge in [0.05, 0.1) is 11.3 Å². The predicted molar refractivity (Wildman–Crippen MR) is 69.9 cm³/mol. The zero-order chi connectivity index (χ0) is 16.2. The highest BCUT2D eigenvalue weighted by Crippen LogP contribution is 2.26. The number of nitro benzene ring substituents is 1. The second-order valence-corrected chi connectivity index (χ2v) is 6.00. The molecule has 10 heteroatoms. The number of carboxylic acid groups (broad SMARTS) is 1. The number of benzene rings is 1. The second kappa shape index (κ2) is 6.29. The van der Waals surface area contributed by atoms with Crippen LogP contribution < -0.4 is 0 Å². The zero-order valence-electron chi connectivity index (χ0n) is 10.9. The molecule has 0 aromatic heterocycles. The molecule has 1 aromatic rings. The molecule has 0 unspecified atom stereocenters. The lowest BCUT2D eigenvalue weighted by molar-refractivity contribution is -0.385. The molecule has 0 aliphatic rings. The first-order valence-electron chi connectivity index (χ1n) is 5.57. The van der Waals surface area contributed by atoms with Crippen LogP contribution in [-0.2, 0) is 14.8 Å². The molecule has 9 nitrogen and oxygen atoms in total. The van der Waals surface area contributed by atoms with Gasteiger partial charge in [0.1, 0.15) is 16.5 Å². The summed E-state index contributed by atoms with van der Waals surface area (Å²) in [4.78, 5) is 19.9. The van der Waals surface area contributed by atoms with Crippen LogP contribution in [0.4, 0.5) is 5.69 Å². The van der Waals surface area contributed by atoms with E-state index in [0.717, 1.165) is 29.6 Å². The van der Waals surface area contributed by atoms with Gasteiger partial charge in [0, 0.05) is 19.7 Å². The highest BCUT2D eigenvalue weighted by atomic mass is 32.2. The summed E-state index contributed by atoms with van der Waals surface area (Å²) in [5, 5.41) is 28.3. The van der Waals surface area contributed by atoms with Gasteiger partial charge in [-0.15, -0.1) is 0 Å². The van der Waals surface area contributed by atoms with Crippen molar-refractivity contribution in [2.45, 2.75) is 11.3 Å². The Labute approximate surface area is 120 Å². The average molecular weight is 313 g/mol. The van der Waals surface area contributed by atoms with Crippen LogP contribution in [0.25, 0.3) is 0 Å². The standard InChI is InChI=1S/C11H11N3O6S/c1-13(6-5-11(15)16)21(19,20)10-4-2-3-9(14(17)18)8(10)7-12/h2-4H,5-6H2,1H3,(H,15,16). The number of nitrogens with zero attached hydrogens (tertiary/aromatic N) is 3. The zero-order valence-corrected chi connectivity index (χ0v) is 11.7. The van der Waals surface area contributed by atoms with Crippen molar-refractivity contribution in [1.29, 1.82) is 5.26 Å². The van der Waals surface area contributed by atoms with Crippen molar-refractivity contribution in [3.05, 3.63) is 33.9 Å². The number of hydrogen-bond acceptors (Lipinski definition) is 6. The lowest BCUT2D eigenvalue weighted by Crippen LogP contribution is -2.29. The van der Waals surface area contributed by atoms with Crippen LogP contribution in [0.5, 0.6) is 0 Å². The SMILES string of the molecule is CN(CCC(=O)O)S(=O)(=O)c1cccc([N+](=O)[O-])c1C#N. The highest BCUT2D eigenvalue weighted by molar-refractivity contribution is 7.89. The van der Waals surface area contributed by atoms with Crippen molar-refractivity contribution in [1.82, 2.24) is 4.31 Å². The quantitative estimate of drug-likeness (QED) is 0.597. The third-order valence-corrected chi connectivity index (χ3v) is 4.54. The molecule has 0 radical (unpaired) electrons. The third-order valence-electron chi connectivity index (χ3n) is 2.64. The molecule has 0 bridgehead atoms. The number of hydrogen-bond donors (Lipinski definition) is 1. The summed E-state index contributed by atoms with van der Waals surface area (Å²) in [6.45, 7) is -0.314. The van der Waals surface area contributed by atoms with E-state index < -0.39 is 43.5 Å². The molecule has 0 saturated carbocycles. The molecule has 0 atom stereocenters. The third kappa shape index (κ3) is 3.53. The monoisotopic (exact) mass is 313 g/mol. The molecule has 1 aromatic carbocycles. The molecule has 0 aliphatic carbocycles. The van der Waals surface area contributed by atoms with Gasteiger partial charge in [-0.1, -0.05) is 6.07 Å². The van der Waals surface area contributed by atoms with Crippen LogP contribution in [0.1, 0.15) is 12.0 Å². The summed E-state index contributed by atoms with van der Waals surface area (Å²) < 4.78 is 25.3. The molecule has 0 heterocycles. The number of nitriles is 1. The molecule has 21 heavy (non-hydrogen) atoms. The molecular weight excluding hydrogens is 302 g/mol. The van der Waals surface area contributed by atoms with Crippen molar-refractivity contribution >= 4 is 21.7 Å². The Kier molecular flexibility index (Phi) is 4.96.